The summed E-state index contributed by atoms with van der Waals surface area (Å²) in [4.78, 5) is 25.6. The van der Waals surface area contributed by atoms with Gasteiger partial charge in [-0.2, -0.15) is 0 Å². The van der Waals surface area contributed by atoms with Crippen LogP contribution in [0, 0.1) is 6.92 Å². The second kappa shape index (κ2) is 3.89. The first-order valence-electron chi connectivity index (χ1n) is 4.92. The highest BCUT2D eigenvalue weighted by atomic mass is 16.4. The Kier molecular flexibility index (Phi) is 2.55. The largest absolute Gasteiger partial charge is 0.481 e. The lowest BCUT2D eigenvalue weighted by molar-refractivity contribution is -0.136. The van der Waals surface area contributed by atoms with Crippen molar-refractivity contribution in [1.29, 1.82) is 0 Å². The summed E-state index contributed by atoms with van der Waals surface area (Å²) in [5.41, 5.74) is 1.04. The SMILES string of the molecule is Cc1cccc2c(C(=O)O)nc(CC(=O)O)n12. The van der Waals surface area contributed by atoms with Gasteiger partial charge in [-0.1, -0.05) is 6.07 Å². The number of carboxylic acids is 2. The van der Waals surface area contributed by atoms with Gasteiger partial charge in [-0.3, -0.25) is 9.20 Å². The van der Waals surface area contributed by atoms with E-state index in [2.05, 4.69) is 4.98 Å². The van der Waals surface area contributed by atoms with E-state index in [0.717, 1.165) is 5.69 Å². The molecule has 0 atom stereocenters. The van der Waals surface area contributed by atoms with E-state index < -0.39 is 11.9 Å². The fraction of sp³-hybridized carbons (Fsp3) is 0.182. The van der Waals surface area contributed by atoms with Crippen molar-refractivity contribution in [2.24, 2.45) is 0 Å². The molecule has 17 heavy (non-hydrogen) atoms. The maximum atomic E-state index is 11.0. The molecule has 0 aliphatic heterocycles. The summed E-state index contributed by atoms with van der Waals surface area (Å²) < 4.78 is 1.55. The van der Waals surface area contributed by atoms with E-state index in [1.54, 1.807) is 29.5 Å². The molecule has 0 aromatic carbocycles. The van der Waals surface area contributed by atoms with E-state index in [-0.39, 0.29) is 17.9 Å². The average molecular weight is 234 g/mol. The number of aromatic nitrogens is 2. The molecular formula is C11H10N2O4. The van der Waals surface area contributed by atoms with Crippen molar-refractivity contribution in [3.05, 3.63) is 35.4 Å². The number of rotatable bonds is 3. The summed E-state index contributed by atoms with van der Waals surface area (Å²) in [6.45, 7) is 1.77. The van der Waals surface area contributed by atoms with Gasteiger partial charge in [-0.05, 0) is 19.1 Å². The number of imidazole rings is 1. The van der Waals surface area contributed by atoms with Gasteiger partial charge in [0.05, 0.1) is 5.52 Å². The number of carboxylic acid groups (broad SMARTS) is 2. The lowest BCUT2D eigenvalue weighted by Crippen LogP contribution is -2.06. The molecule has 0 aliphatic carbocycles. The Bertz CT molecular complexity index is 615. The van der Waals surface area contributed by atoms with Gasteiger partial charge in [0, 0.05) is 5.69 Å². The predicted octanol–water partition coefficient (Wildman–Crippen LogP) is 0.968. The van der Waals surface area contributed by atoms with Crippen molar-refractivity contribution >= 4 is 17.5 Å². The Labute approximate surface area is 96.1 Å². The molecular weight excluding hydrogens is 224 g/mol. The zero-order valence-corrected chi connectivity index (χ0v) is 9.04. The third kappa shape index (κ3) is 1.84. The Morgan fingerprint density at radius 1 is 1.35 bits per heavy atom. The van der Waals surface area contributed by atoms with Crippen LogP contribution in [0.15, 0.2) is 18.2 Å². The second-order valence-electron chi connectivity index (χ2n) is 3.64. The van der Waals surface area contributed by atoms with E-state index in [1.165, 1.54) is 0 Å². The minimum atomic E-state index is -1.16. The van der Waals surface area contributed by atoms with Crippen LogP contribution in [0.25, 0.3) is 5.52 Å². The molecule has 2 N–H and O–H groups in total. The Balaban J connectivity index is 2.75. The smallest absolute Gasteiger partial charge is 0.356 e. The first-order chi connectivity index (χ1) is 8.00. The van der Waals surface area contributed by atoms with E-state index >= 15 is 0 Å². The summed E-state index contributed by atoms with van der Waals surface area (Å²) in [5.74, 6) is -1.98. The van der Waals surface area contributed by atoms with Crippen LogP contribution in [0.1, 0.15) is 22.0 Å². The number of aliphatic carboxylic acids is 1. The van der Waals surface area contributed by atoms with E-state index in [1.807, 2.05) is 0 Å². The van der Waals surface area contributed by atoms with Crippen molar-refractivity contribution in [2.45, 2.75) is 13.3 Å². The van der Waals surface area contributed by atoms with E-state index in [9.17, 15) is 9.59 Å². The third-order valence-electron chi connectivity index (χ3n) is 2.44. The molecule has 0 fully saturated rings. The summed E-state index contributed by atoms with van der Waals surface area (Å²) >= 11 is 0. The molecule has 0 spiro atoms. The molecule has 0 radical (unpaired) electrons. The quantitative estimate of drug-likeness (QED) is 0.825. The number of aromatic carboxylic acids is 1. The molecule has 0 amide bonds. The van der Waals surface area contributed by atoms with Gasteiger partial charge < -0.3 is 10.2 Å². The van der Waals surface area contributed by atoms with Crippen LogP contribution < -0.4 is 0 Å². The van der Waals surface area contributed by atoms with Crippen molar-refractivity contribution in [1.82, 2.24) is 9.38 Å². The third-order valence-corrected chi connectivity index (χ3v) is 2.44. The Hall–Kier alpha value is -2.37. The van der Waals surface area contributed by atoms with Crippen LogP contribution in [0.5, 0.6) is 0 Å². The lowest BCUT2D eigenvalue weighted by Gasteiger charge is -2.02. The Morgan fingerprint density at radius 3 is 2.65 bits per heavy atom. The second-order valence-corrected chi connectivity index (χ2v) is 3.64. The maximum absolute atomic E-state index is 11.0. The molecule has 2 rings (SSSR count). The first-order valence-corrected chi connectivity index (χ1v) is 4.92. The van der Waals surface area contributed by atoms with Gasteiger partial charge >= 0.3 is 11.9 Å². The van der Waals surface area contributed by atoms with Crippen molar-refractivity contribution < 1.29 is 19.8 Å². The minimum Gasteiger partial charge on any atom is -0.481 e. The van der Waals surface area contributed by atoms with Crippen LogP contribution >= 0.6 is 0 Å². The molecule has 88 valence electrons. The van der Waals surface area contributed by atoms with Crippen LogP contribution in [-0.2, 0) is 11.2 Å². The highest BCUT2D eigenvalue weighted by Gasteiger charge is 2.18. The molecule has 2 aromatic heterocycles. The number of hydrogen-bond donors (Lipinski definition) is 2. The molecule has 0 bridgehead atoms. The molecule has 6 heteroatoms. The van der Waals surface area contributed by atoms with Crippen molar-refractivity contribution in [3.63, 3.8) is 0 Å². The molecule has 2 heterocycles. The fourth-order valence-electron chi connectivity index (χ4n) is 1.79. The van der Waals surface area contributed by atoms with Gasteiger partial charge in [-0.25, -0.2) is 9.78 Å². The highest BCUT2D eigenvalue weighted by Crippen LogP contribution is 2.16. The monoisotopic (exact) mass is 234 g/mol. The number of carbonyl (C=O) groups is 2. The number of pyridine rings is 1. The molecule has 2 aromatic rings. The topological polar surface area (TPSA) is 91.9 Å². The number of hydrogen-bond acceptors (Lipinski definition) is 3. The summed E-state index contributed by atoms with van der Waals surface area (Å²) in [7, 11) is 0. The maximum Gasteiger partial charge on any atom is 0.356 e. The molecule has 0 saturated carbocycles. The van der Waals surface area contributed by atoms with Crippen LogP contribution in [0.4, 0.5) is 0 Å². The van der Waals surface area contributed by atoms with Gasteiger partial charge in [0.2, 0.25) is 0 Å². The molecule has 0 unspecified atom stereocenters. The van der Waals surface area contributed by atoms with Crippen molar-refractivity contribution in [2.75, 3.05) is 0 Å². The minimum absolute atomic E-state index is 0.120. The fourth-order valence-corrected chi connectivity index (χ4v) is 1.79. The summed E-state index contributed by atoms with van der Waals surface area (Å²) in [5, 5.41) is 17.8. The van der Waals surface area contributed by atoms with Gasteiger partial charge in [-0.15, -0.1) is 0 Å². The van der Waals surface area contributed by atoms with Gasteiger partial charge in [0.25, 0.3) is 0 Å². The number of fused-ring (bicyclic) bond motifs is 1. The zero-order chi connectivity index (χ0) is 12.6. The zero-order valence-electron chi connectivity index (χ0n) is 9.04. The van der Waals surface area contributed by atoms with Crippen LogP contribution in [0.3, 0.4) is 0 Å². The highest BCUT2D eigenvalue weighted by molar-refractivity contribution is 5.94. The molecule has 0 saturated heterocycles. The number of aryl methyl sites for hydroxylation is 1. The predicted molar refractivity (Wildman–Crippen MR) is 58.2 cm³/mol. The Morgan fingerprint density at radius 2 is 2.06 bits per heavy atom. The van der Waals surface area contributed by atoms with Gasteiger partial charge in [0.1, 0.15) is 12.2 Å². The summed E-state index contributed by atoms with van der Waals surface area (Å²) in [6.07, 6.45) is -0.306. The summed E-state index contributed by atoms with van der Waals surface area (Å²) in [6, 6.07) is 5.09. The van der Waals surface area contributed by atoms with E-state index in [4.69, 9.17) is 10.2 Å². The number of nitrogens with zero attached hydrogens (tertiary/aromatic N) is 2. The van der Waals surface area contributed by atoms with E-state index in [0.29, 0.717) is 5.52 Å². The van der Waals surface area contributed by atoms with Gasteiger partial charge in [0.15, 0.2) is 5.69 Å². The van der Waals surface area contributed by atoms with Crippen molar-refractivity contribution in [3.8, 4) is 0 Å². The molecule has 6 nitrogen and oxygen atoms in total. The molecule has 0 aliphatic rings. The van der Waals surface area contributed by atoms with Crippen LogP contribution in [0.2, 0.25) is 0 Å². The standard InChI is InChI=1S/C11H10N2O4/c1-6-3-2-4-7-10(11(16)17)12-8(13(6)7)5-9(14)15/h2-4H,5H2,1H3,(H,14,15)(H,16,17). The van der Waals surface area contributed by atoms with Crippen LogP contribution in [-0.4, -0.2) is 31.5 Å². The average Bonchev–Trinajstić information content (AvgIpc) is 2.57. The normalized spacial score (nSPS) is 10.6. The first kappa shape index (κ1) is 11.1. The lowest BCUT2D eigenvalue weighted by atomic mass is 10.3.